The molecular weight excluding hydrogens is 423 g/mol. The number of fused-ring (bicyclic) bond motifs is 2. The van der Waals surface area contributed by atoms with Gasteiger partial charge in [-0.1, -0.05) is 67.6 Å². The number of H-pyrrole nitrogens is 1. The first kappa shape index (κ1) is 22.1. The third kappa shape index (κ3) is 4.78. The minimum Gasteiger partial charge on any atom is -0.322 e. The average Bonchev–Trinajstić information content (AvgIpc) is 2.86. The summed E-state index contributed by atoms with van der Waals surface area (Å²) in [6.07, 6.45) is 0.947. The van der Waals surface area contributed by atoms with Crippen LogP contribution in [-0.4, -0.2) is 9.88 Å². The van der Waals surface area contributed by atoms with Crippen LogP contribution in [0, 0.1) is 5.82 Å². The Morgan fingerprint density at radius 3 is 2.29 bits per heavy atom. The zero-order valence-electron chi connectivity index (χ0n) is 19.2. The van der Waals surface area contributed by atoms with Crippen molar-refractivity contribution in [1.82, 2.24) is 9.88 Å². The van der Waals surface area contributed by atoms with Crippen molar-refractivity contribution in [3.8, 4) is 0 Å². The van der Waals surface area contributed by atoms with E-state index < -0.39 is 0 Å². The Balaban J connectivity index is 1.52. The van der Waals surface area contributed by atoms with Crippen molar-refractivity contribution < 1.29 is 4.39 Å². The van der Waals surface area contributed by atoms with Gasteiger partial charge in [-0.15, -0.1) is 0 Å². The molecule has 0 aliphatic carbocycles. The molecule has 5 rings (SSSR count). The van der Waals surface area contributed by atoms with E-state index in [9.17, 15) is 9.18 Å². The third-order valence-electron chi connectivity index (χ3n) is 6.38. The van der Waals surface area contributed by atoms with Crippen LogP contribution in [0.5, 0.6) is 0 Å². The number of nitrogens with zero attached hydrogens (tertiary/aromatic N) is 1. The Bertz CT molecular complexity index is 1500. The molecule has 5 aromatic rings. The minimum absolute atomic E-state index is 0.0706. The van der Waals surface area contributed by atoms with Crippen molar-refractivity contribution in [1.29, 1.82) is 0 Å². The second-order valence-corrected chi connectivity index (χ2v) is 8.81. The van der Waals surface area contributed by atoms with E-state index in [1.165, 1.54) is 34.0 Å². The van der Waals surface area contributed by atoms with E-state index in [1.807, 2.05) is 30.3 Å². The molecule has 0 aliphatic rings. The molecule has 0 amide bonds. The topological polar surface area (TPSA) is 36.1 Å². The maximum absolute atomic E-state index is 13.5. The molecule has 0 saturated heterocycles. The lowest BCUT2D eigenvalue weighted by Crippen LogP contribution is -2.26. The summed E-state index contributed by atoms with van der Waals surface area (Å²) in [7, 11) is 0. The van der Waals surface area contributed by atoms with Gasteiger partial charge in [-0.2, -0.15) is 0 Å². The van der Waals surface area contributed by atoms with Gasteiger partial charge in [0.05, 0.1) is 0 Å². The van der Waals surface area contributed by atoms with Crippen molar-refractivity contribution in [2.24, 2.45) is 0 Å². The van der Waals surface area contributed by atoms with Crippen molar-refractivity contribution in [2.45, 2.75) is 33.0 Å². The summed E-state index contributed by atoms with van der Waals surface area (Å²) < 4.78 is 13.5. The summed E-state index contributed by atoms with van der Waals surface area (Å²) in [6.45, 7) is 3.89. The second kappa shape index (κ2) is 9.62. The highest BCUT2D eigenvalue weighted by Crippen LogP contribution is 2.22. The van der Waals surface area contributed by atoms with Crippen LogP contribution in [0.15, 0.2) is 95.8 Å². The number of hydrogen-bond donors (Lipinski definition) is 1. The number of aromatic nitrogens is 1. The largest absolute Gasteiger partial charge is 0.322 e. The fourth-order valence-corrected chi connectivity index (χ4v) is 4.57. The van der Waals surface area contributed by atoms with Gasteiger partial charge >= 0.3 is 0 Å². The molecule has 4 heteroatoms. The van der Waals surface area contributed by atoms with Crippen LogP contribution in [-0.2, 0) is 26.1 Å². The van der Waals surface area contributed by atoms with Crippen molar-refractivity contribution in [3.05, 3.63) is 129 Å². The summed E-state index contributed by atoms with van der Waals surface area (Å²) in [6, 6.07) is 29.4. The number of benzene rings is 4. The predicted molar refractivity (Wildman–Crippen MR) is 137 cm³/mol. The first-order chi connectivity index (χ1) is 16.6. The Labute approximate surface area is 198 Å². The highest BCUT2D eigenvalue weighted by Gasteiger charge is 2.14. The molecule has 0 saturated carbocycles. The van der Waals surface area contributed by atoms with Crippen LogP contribution in [0.2, 0.25) is 0 Å². The van der Waals surface area contributed by atoms with Gasteiger partial charge in [-0.05, 0) is 69.6 Å². The Kier molecular flexibility index (Phi) is 6.24. The molecule has 0 fully saturated rings. The van der Waals surface area contributed by atoms with E-state index in [4.69, 9.17) is 0 Å². The lowest BCUT2D eigenvalue weighted by Gasteiger charge is -2.23. The van der Waals surface area contributed by atoms with Gasteiger partial charge in [-0.25, -0.2) is 4.39 Å². The van der Waals surface area contributed by atoms with E-state index in [1.54, 1.807) is 0 Å². The number of nitrogens with one attached hydrogen (secondary N) is 1. The van der Waals surface area contributed by atoms with Crippen molar-refractivity contribution in [3.63, 3.8) is 0 Å². The van der Waals surface area contributed by atoms with E-state index >= 15 is 0 Å². The van der Waals surface area contributed by atoms with E-state index in [2.05, 4.69) is 65.3 Å². The van der Waals surface area contributed by atoms with Gasteiger partial charge in [0.25, 0.3) is 5.56 Å². The smallest absolute Gasteiger partial charge is 0.252 e. The van der Waals surface area contributed by atoms with Crippen molar-refractivity contribution >= 4 is 21.7 Å². The second-order valence-electron chi connectivity index (χ2n) is 8.81. The molecule has 34 heavy (non-hydrogen) atoms. The van der Waals surface area contributed by atoms with Crippen LogP contribution in [0.1, 0.15) is 29.2 Å². The summed E-state index contributed by atoms with van der Waals surface area (Å²) in [5, 5.41) is 3.44. The number of halogens is 1. The van der Waals surface area contributed by atoms with Crippen LogP contribution in [0.3, 0.4) is 0 Å². The Morgan fingerprint density at radius 2 is 1.47 bits per heavy atom. The first-order valence-electron chi connectivity index (χ1n) is 11.7. The van der Waals surface area contributed by atoms with Crippen LogP contribution in [0.4, 0.5) is 4.39 Å². The maximum atomic E-state index is 13.5. The van der Waals surface area contributed by atoms with E-state index in [0.29, 0.717) is 19.6 Å². The summed E-state index contributed by atoms with van der Waals surface area (Å²) in [5.74, 6) is -0.248. The number of pyridine rings is 1. The van der Waals surface area contributed by atoms with Crippen LogP contribution in [0.25, 0.3) is 21.7 Å². The summed E-state index contributed by atoms with van der Waals surface area (Å²) >= 11 is 0. The van der Waals surface area contributed by atoms with Crippen LogP contribution < -0.4 is 5.56 Å². The quantitative estimate of drug-likeness (QED) is 0.304. The number of hydrogen-bond acceptors (Lipinski definition) is 2. The minimum atomic E-state index is -0.248. The molecule has 4 aromatic carbocycles. The van der Waals surface area contributed by atoms with Gasteiger partial charge in [-0.3, -0.25) is 9.69 Å². The number of rotatable bonds is 7. The van der Waals surface area contributed by atoms with Gasteiger partial charge < -0.3 is 4.98 Å². The molecule has 0 unspecified atom stereocenters. The summed E-state index contributed by atoms with van der Waals surface area (Å²) in [4.78, 5) is 18.2. The molecule has 0 spiro atoms. The van der Waals surface area contributed by atoms with E-state index in [-0.39, 0.29) is 11.4 Å². The fraction of sp³-hybridized carbons (Fsp3) is 0.167. The Hall–Kier alpha value is -3.76. The molecule has 0 atom stereocenters. The molecule has 1 N–H and O–H groups in total. The van der Waals surface area contributed by atoms with Gasteiger partial charge in [0, 0.05) is 30.7 Å². The predicted octanol–water partition coefficient (Wildman–Crippen LogP) is 6.59. The summed E-state index contributed by atoms with van der Waals surface area (Å²) in [5.41, 5.74) is 4.95. The highest BCUT2D eigenvalue weighted by atomic mass is 19.1. The molecule has 1 aromatic heterocycles. The molecule has 0 aliphatic heterocycles. The molecule has 0 radical (unpaired) electrons. The SMILES string of the molecule is CCc1ccc2[nH]c(=O)c(CN(Cc3ccc(F)cc3)Cc3cccc4ccccc34)cc2c1. The number of aromatic amines is 1. The van der Waals surface area contributed by atoms with E-state index in [0.717, 1.165) is 28.5 Å². The zero-order valence-corrected chi connectivity index (χ0v) is 19.2. The molecule has 170 valence electrons. The third-order valence-corrected chi connectivity index (χ3v) is 6.38. The lowest BCUT2D eigenvalue weighted by molar-refractivity contribution is 0.247. The fourth-order valence-electron chi connectivity index (χ4n) is 4.57. The average molecular weight is 451 g/mol. The van der Waals surface area contributed by atoms with Gasteiger partial charge in [0.2, 0.25) is 0 Å². The highest BCUT2D eigenvalue weighted by molar-refractivity contribution is 5.85. The number of aryl methyl sites for hydroxylation is 1. The zero-order chi connectivity index (χ0) is 23.5. The van der Waals surface area contributed by atoms with Gasteiger partial charge in [0.1, 0.15) is 5.82 Å². The molecule has 0 bridgehead atoms. The Morgan fingerprint density at radius 1 is 0.735 bits per heavy atom. The van der Waals surface area contributed by atoms with Crippen LogP contribution >= 0.6 is 0 Å². The standard InChI is InChI=1S/C30H27FN2O/c1-2-21-12-15-29-25(16-21)17-26(30(34)32-29)20-33(18-22-10-13-27(31)14-11-22)19-24-8-5-7-23-6-3-4-9-28(23)24/h3-17H,2,18-20H2,1H3,(H,32,34). The first-order valence-corrected chi connectivity index (χ1v) is 11.7. The van der Waals surface area contributed by atoms with Crippen molar-refractivity contribution in [2.75, 3.05) is 0 Å². The lowest BCUT2D eigenvalue weighted by atomic mass is 10.0. The van der Waals surface area contributed by atoms with Gasteiger partial charge in [0.15, 0.2) is 0 Å². The molecule has 1 heterocycles. The maximum Gasteiger partial charge on any atom is 0.252 e. The monoisotopic (exact) mass is 450 g/mol. The normalized spacial score (nSPS) is 11.5. The molecular formula is C30H27FN2O. The molecule has 3 nitrogen and oxygen atoms in total.